The van der Waals surface area contributed by atoms with Gasteiger partial charge in [0, 0.05) is 17.8 Å². The highest BCUT2D eigenvalue weighted by atomic mass is 32.1. The van der Waals surface area contributed by atoms with Gasteiger partial charge in [-0.25, -0.2) is 15.2 Å². The number of nitrogens with two attached hydrogens (primary N) is 1. The number of rotatable bonds is 4. The van der Waals surface area contributed by atoms with Gasteiger partial charge in [-0.15, -0.1) is 0 Å². The van der Waals surface area contributed by atoms with Crippen molar-refractivity contribution in [2.75, 3.05) is 11.1 Å². The Balaban J connectivity index is 1.77. The van der Waals surface area contributed by atoms with Crippen LogP contribution in [0.4, 0.5) is 22.3 Å². The van der Waals surface area contributed by atoms with Crippen molar-refractivity contribution in [3.05, 3.63) is 64.6 Å². The summed E-state index contributed by atoms with van der Waals surface area (Å²) >= 11 is 6.75. The number of fused-ring (bicyclic) bond motifs is 1. The largest absolute Gasteiger partial charge is 0.595 e. The van der Waals surface area contributed by atoms with Crippen LogP contribution in [0.25, 0.3) is 16.0 Å². The number of nitrogens with one attached hydrogen (secondary N) is 2. The zero-order valence-electron chi connectivity index (χ0n) is 13.8. The van der Waals surface area contributed by atoms with E-state index in [4.69, 9.17) is 23.2 Å². The smallest absolute Gasteiger partial charge is 0.207 e. The van der Waals surface area contributed by atoms with Crippen molar-refractivity contribution in [1.29, 1.82) is 0 Å². The highest BCUT2D eigenvalue weighted by molar-refractivity contribution is 7.71. The van der Waals surface area contributed by atoms with E-state index in [0.29, 0.717) is 27.0 Å². The second-order valence-corrected chi connectivity index (χ2v) is 6.97. The van der Waals surface area contributed by atoms with Crippen LogP contribution in [-0.2, 0) is 0 Å². The minimum atomic E-state index is -0.997. The molecule has 1 atom stereocenters. The summed E-state index contributed by atoms with van der Waals surface area (Å²) < 4.78 is 1.85. The first-order valence-electron chi connectivity index (χ1n) is 7.88. The molecule has 2 aromatic heterocycles. The van der Waals surface area contributed by atoms with Gasteiger partial charge in [-0.05, 0) is 36.5 Å². The molecule has 0 spiro atoms. The van der Waals surface area contributed by atoms with Crippen LogP contribution in [0.1, 0.15) is 0 Å². The van der Waals surface area contributed by atoms with Gasteiger partial charge < -0.3 is 16.3 Å². The summed E-state index contributed by atoms with van der Waals surface area (Å²) in [5.74, 6) is 0.352. The van der Waals surface area contributed by atoms with E-state index in [0.717, 1.165) is 5.69 Å². The Morgan fingerprint density at radius 1 is 1.11 bits per heavy atom. The van der Waals surface area contributed by atoms with Gasteiger partial charge in [0.1, 0.15) is 11.3 Å². The first-order valence-corrected chi connectivity index (χ1v) is 9.10. The van der Waals surface area contributed by atoms with E-state index in [9.17, 15) is 5.21 Å². The zero-order chi connectivity index (χ0) is 19.0. The first-order chi connectivity index (χ1) is 13.0. The van der Waals surface area contributed by atoms with E-state index in [2.05, 4.69) is 15.3 Å². The number of nitrogens with zero attached hydrogens (tertiary/aromatic N) is 3. The molecule has 2 heterocycles. The normalized spacial score (nSPS) is 12.2. The summed E-state index contributed by atoms with van der Waals surface area (Å²) in [5.41, 5.74) is 8.57. The summed E-state index contributed by atoms with van der Waals surface area (Å²) in [7, 11) is 0. The summed E-state index contributed by atoms with van der Waals surface area (Å²) in [5, 5.41) is 23.0. The van der Waals surface area contributed by atoms with Crippen molar-refractivity contribution in [3.63, 3.8) is 0 Å². The molecule has 0 aliphatic carbocycles. The maximum Gasteiger partial charge on any atom is 0.207 e. The number of aromatic nitrogens is 3. The van der Waals surface area contributed by atoms with E-state index in [1.165, 1.54) is 23.5 Å². The van der Waals surface area contributed by atoms with Gasteiger partial charge >= 0.3 is 0 Å². The maximum absolute atomic E-state index is 11.0. The molecule has 0 amide bonds. The van der Waals surface area contributed by atoms with E-state index in [-0.39, 0.29) is 10.5 Å². The highest BCUT2D eigenvalue weighted by Gasteiger charge is 2.14. The lowest BCUT2D eigenvalue weighted by Crippen LogP contribution is -2.99. The van der Waals surface area contributed by atoms with Crippen LogP contribution in [0, 0.1) is 9.98 Å². The molecule has 4 rings (SSSR count). The monoisotopic (exact) mass is 398 g/mol. The molecule has 0 saturated carbocycles. The van der Waals surface area contributed by atoms with Crippen molar-refractivity contribution in [1.82, 2.24) is 14.5 Å². The van der Waals surface area contributed by atoms with Crippen LogP contribution in [0.5, 0.6) is 0 Å². The predicted molar refractivity (Wildman–Crippen MR) is 107 cm³/mol. The van der Waals surface area contributed by atoms with Crippen LogP contribution < -0.4 is 16.3 Å². The van der Waals surface area contributed by atoms with Crippen LogP contribution in [0.2, 0.25) is 0 Å². The third kappa shape index (κ3) is 3.39. The fourth-order valence-electron chi connectivity index (χ4n) is 2.60. The standard InChI is InChI=1S/C17H14N6O2S2/c18-14-13-15(27-16(20-13)19-10-4-2-1-3-5-10)21-17(26)22(14)11-6-8-12(9-7-11)23(24)25/h1-9,23-24H,18H2,(H,19,20). The predicted octanol–water partition coefficient (Wildman–Crippen LogP) is 2.94. The molecule has 0 radical (unpaired) electrons. The fraction of sp³-hybridized carbons (Fsp3) is 0. The molecule has 1 unspecified atom stereocenters. The minimum Gasteiger partial charge on any atom is -0.595 e. The molecule has 0 saturated heterocycles. The number of para-hydroxylation sites is 1. The Hall–Kier alpha value is -2.89. The number of hydrogen-bond donors (Lipinski definition) is 4. The summed E-state index contributed by atoms with van der Waals surface area (Å²) in [4.78, 5) is 9.60. The first kappa shape index (κ1) is 17.5. The third-order valence-electron chi connectivity index (χ3n) is 3.88. The van der Waals surface area contributed by atoms with Gasteiger partial charge in [0.25, 0.3) is 0 Å². The lowest BCUT2D eigenvalue weighted by molar-refractivity contribution is -0.991. The molecule has 4 aromatic rings. The molecular formula is C17H14N6O2S2. The minimum absolute atomic E-state index is 0.181. The van der Waals surface area contributed by atoms with Gasteiger partial charge in [-0.1, -0.05) is 29.5 Å². The Morgan fingerprint density at radius 3 is 2.48 bits per heavy atom. The molecule has 2 aromatic carbocycles. The second kappa shape index (κ2) is 7.02. The zero-order valence-corrected chi connectivity index (χ0v) is 15.4. The lowest BCUT2D eigenvalue weighted by atomic mass is 10.3. The van der Waals surface area contributed by atoms with Crippen molar-refractivity contribution in [3.8, 4) is 5.69 Å². The van der Waals surface area contributed by atoms with E-state index in [1.54, 1.807) is 16.7 Å². The third-order valence-corrected chi connectivity index (χ3v) is 5.02. The van der Waals surface area contributed by atoms with E-state index in [1.807, 2.05) is 30.3 Å². The number of benzene rings is 2. The molecule has 0 bridgehead atoms. The fourth-order valence-corrected chi connectivity index (χ4v) is 3.82. The molecule has 136 valence electrons. The molecule has 10 heteroatoms. The maximum atomic E-state index is 11.0. The highest BCUT2D eigenvalue weighted by Crippen LogP contribution is 2.31. The topological polar surface area (TPSA) is 116 Å². The Kier molecular flexibility index (Phi) is 4.56. The number of thiazole rings is 1. The Bertz CT molecular complexity index is 1160. The number of anilines is 3. The molecule has 5 N–H and O–H groups in total. The van der Waals surface area contributed by atoms with Crippen LogP contribution in [0.15, 0.2) is 54.6 Å². The van der Waals surface area contributed by atoms with Crippen molar-refractivity contribution >= 4 is 56.2 Å². The van der Waals surface area contributed by atoms with Gasteiger partial charge in [0.15, 0.2) is 15.6 Å². The quantitative estimate of drug-likeness (QED) is 0.308. The summed E-state index contributed by atoms with van der Waals surface area (Å²) in [6, 6.07) is 15.9. The van der Waals surface area contributed by atoms with Gasteiger partial charge in [-0.2, -0.15) is 5.23 Å². The van der Waals surface area contributed by atoms with Gasteiger partial charge in [0.2, 0.25) is 4.77 Å². The molecule has 0 aliphatic rings. The number of hydrogen-bond acceptors (Lipinski definition) is 8. The van der Waals surface area contributed by atoms with E-state index >= 15 is 0 Å². The molecular weight excluding hydrogens is 384 g/mol. The summed E-state index contributed by atoms with van der Waals surface area (Å²) in [6.07, 6.45) is 0. The van der Waals surface area contributed by atoms with Gasteiger partial charge in [-0.3, -0.25) is 4.57 Å². The number of nitrogen functional groups attached to an aromatic ring is 1. The Labute approximate surface area is 162 Å². The average molecular weight is 398 g/mol. The molecule has 0 aliphatic heterocycles. The number of quaternary nitrogens is 1. The van der Waals surface area contributed by atoms with Crippen LogP contribution in [-0.4, -0.2) is 19.7 Å². The molecule has 0 fully saturated rings. The average Bonchev–Trinajstić information content (AvgIpc) is 3.05. The van der Waals surface area contributed by atoms with Crippen molar-refractivity contribution < 1.29 is 10.4 Å². The van der Waals surface area contributed by atoms with Crippen molar-refractivity contribution in [2.24, 2.45) is 0 Å². The Morgan fingerprint density at radius 2 is 1.81 bits per heavy atom. The summed E-state index contributed by atoms with van der Waals surface area (Å²) in [6.45, 7) is 0. The molecule has 27 heavy (non-hydrogen) atoms. The molecule has 8 nitrogen and oxygen atoms in total. The van der Waals surface area contributed by atoms with E-state index < -0.39 is 5.23 Å². The SMILES string of the molecule is Nc1c2nc(Nc3ccccc3)sc2nc(=S)n1-c1ccc([NH+]([O-])O)cc1. The van der Waals surface area contributed by atoms with Crippen LogP contribution >= 0.6 is 23.6 Å². The lowest BCUT2D eigenvalue weighted by Gasteiger charge is -2.13. The second-order valence-electron chi connectivity index (χ2n) is 5.63. The van der Waals surface area contributed by atoms with Crippen LogP contribution in [0.3, 0.4) is 0 Å². The van der Waals surface area contributed by atoms with Gasteiger partial charge in [0.05, 0.1) is 5.69 Å². The van der Waals surface area contributed by atoms with Crippen molar-refractivity contribution in [2.45, 2.75) is 0 Å².